The lowest BCUT2D eigenvalue weighted by Crippen LogP contribution is -2.46. The fourth-order valence-electron chi connectivity index (χ4n) is 7.15. The maximum absolute atomic E-state index is 13.7. The Bertz CT molecular complexity index is 1750. The van der Waals surface area contributed by atoms with Gasteiger partial charge in [0.2, 0.25) is 5.91 Å². The normalized spacial score (nSPS) is 17.0. The molecule has 9 nitrogen and oxygen atoms in total. The summed E-state index contributed by atoms with van der Waals surface area (Å²) in [6.07, 6.45) is 3.46. The number of aliphatic hydroxyl groups is 1. The molecule has 2 aliphatic heterocycles. The summed E-state index contributed by atoms with van der Waals surface area (Å²) in [5, 5.41) is 12.6. The van der Waals surface area contributed by atoms with Crippen LogP contribution >= 0.6 is 0 Å². The molecule has 4 aromatic carbocycles. The molecule has 1 saturated heterocycles. The van der Waals surface area contributed by atoms with Gasteiger partial charge in [0.25, 0.3) is 5.91 Å². The Labute approximate surface area is 307 Å². The smallest absolute Gasteiger partial charge is 0.253 e. The van der Waals surface area contributed by atoms with Crippen LogP contribution in [0.5, 0.6) is 5.75 Å². The molecule has 4 aromatic rings. The predicted molar refractivity (Wildman–Crippen MR) is 203 cm³/mol. The van der Waals surface area contributed by atoms with Crippen molar-refractivity contribution in [1.82, 2.24) is 10.2 Å². The highest BCUT2D eigenvalue weighted by Crippen LogP contribution is 2.34. The molecule has 0 radical (unpaired) electrons. The molecule has 6 rings (SSSR count). The van der Waals surface area contributed by atoms with Gasteiger partial charge in [0, 0.05) is 63.2 Å². The molecule has 2 amide bonds. The molecule has 274 valence electrons. The Morgan fingerprint density at radius 1 is 0.865 bits per heavy atom. The zero-order chi connectivity index (χ0) is 36.1. The van der Waals surface area contributed by atoms with E-state index in [1.54, 1.807) is 13.0 Å². The van der Waals surface area contributed by atoms with E-state index >= 15 is 0 Å². The lowest BCUT2D eigenvalue weighted by Gasteiger charge is -2.39. The summed E-state index contributed by atoms with van der Waals surface area (Å²) in [4.78, 5) is 29.4. The van der Waals surface area contributed by atoms with E-state index in [1.807, 2.05) is 53.4 Å². The highest BCUT2D eigenvalue weighted by Gasteiger charge is 2.34. The van der Waals surface area contributed by atoms with E-state index in [0.717, 1.165) is 61.2 Å². The summed E-state index contributed by atoms with van der Waals surface area (Å²) >= 11 is 0. The molecule has 9 heteroatoms. The van der Waals surface area contributed by atoms with Crippen LogP contribution in [0.2, 0.25) is 0 Å². The number of ether oxygens (including phenoxy) is 3. The number of hydrogen-bond acceptors (Lipinski definition) is 7. The minimum absolute atomic E-state index is 0.0162. The van der Waals surface area contributed by atoms with Crippen LogP contribution in [0.15, 0.2) is 97.1 Å². The Balaban J connectivity index is 1.10. The van der Waals surface area contributed by atoms with Gasteiger partial charge in [-0.25, -0.2) is 0 Å². The summed E-state index contributed by atoms with van der Waals surface area (Å²) in [5.74, 6) is 0.845. The average Bonchev–Trinajstić information content (AvgIpc) is 3.18. The van der Waals surface area contributed by atoms with Gasteiger partial charge in [-0.2, -0.15) is 0 Å². The predicted octanol–water partition coefficient (Wildman–Crippen LogP) is 6.27. The largest absolute Gasteiger partial charge is 0.494 e. The first kappa shape index (κ1) is 37.1. The Morgan fingerprint density at radius 2 is 1.69 bits per heavy atom. The van der Waals surface area contributed by atoms with Crippen LogP contribution in [0.1, 0.15) is 70.3 Å². The zero-order valence-corrected chi connectivity index (χ0v) is 30.2. The molecule has 0 spiro atoms. The second-order valence-electron chi connectivity index (χ2n) is 13.7. The number of piperidine rings is 1. The number of carbonyl (C=O) groups excluding carboxylic acids is 2. The zero-order valence-electron chi connectivity index (χ0n) is 30.2. The summed E-state index contributed by atoms with van der Waals surface area (Å²) in [7, 11) is 0. The first-order valence-corrected chi connectivity index (χ1v) is 18.5. The van der Waals surface area contributed by atoms with Gasteiger partial charge < -0.3 is 34.4 Å². The van der Waals surface area contributed by atoms with Crippen LogP contribution in [0.3, 0.4) is 0 Å². The highest BCUT2D eigenvalue weighted by molar-refractivity contribution is 5.94. The first-order valence-electron chi connectivity index (χ1n) is 18.5. The van der Waals surface area contributed by atoms with Gasteiger partial charge in [-0.3, -0.25) is 9.59 Å². The Kier molecular flexibility index (Phi) is 13.3. The third-order valence-electron chi connectivity index (χ3n) is 9.91. The lowest BCUT2D eigenvalue weighted by atomic mass is 9.86. The topological polar surface area (TPSA) is 101 Å². The van der Waals surface area contributed by atoms with Crippen molar-refractivity contribution >= 4 is 17.5 Å². The van der Waals surface area contributed by atoms with Crippen molar-refractivity contribution in [1.29, 1.82) is 0 Å². The molecule has 0 aromatic heterocycles. The Hall–Kier alpha value is -4.70. The first-order chi connectivity index (χ1) is 25.5. The fraction of sp³-hybridized carbons (Fsp3) is 0.395. The van der Waals surface area contributed by atoms with E-state index in [4.69, 9.17) is 14.2 Å². The maximum Gasteiger partial charge on any atom is 0.253 e. The quantitative estimate of drug-likeness (QED) is 0.133. The van der Waals surface area contributed by atoms with Crippen molar-refractivity contribution in [2.75, 3.05) is 50.8 Å². The van der Waals surface area contributed by atoms with E-state index < -0.39 is 0 Å². The molecular weight excluding hydrogens is 654 g/mol. The number of nitrogens with one attached hydrogen (secondary N) is 1. The van der Waals surface area contributed by atoms with Gasteiger partial charge in [-0.1, -0.05) is 66.7 Å². The van der Waals surface area contributed by atoms with Gasteiger partial charge in [-0.05, 0) is 77.4 Å². The maximum atomic E-state index is 13.7. The van der Waals surface area contributed by atoms with E-state index in [9.17, 15) is 14.7 Å². The molecule has 2 N–H and O–H groups in total. The molecule has 0 saturated carbocycles. The van der Waals surface area contributed by atoms with Gasteiger partial charge in [0.15, 0.2) is 0 Å². The van der Waals surface area contributed by atoms with Crippen LogP contribution in [0.25, 0.3) is 0 Å². The molecule has 2 heterocycles. The molecular formula is C43H51N3O6. The van der Waals surface area contributed by atoms with E-state index in [1.165, 1.54) is 11.3 Å². The number of hydrogen-bond donors (Lipinski definition) is 2. The number of benzene rings is 4. The average molecular weight is 706 g/mol. The van der Waals surface area contributed by atoms with Crippen molar-refractivity contribution in [2.24, 2.45) is 0 Å². The number of likely N-dealkylation sites (tertiary alicyclic amines) is 1. The van der Waals surface area contributed by atoms with Crippen molar-refractivity contribution in [3.8, 4) is 5.75 Å². The highest BCUT2D eigenvalue weighted by atomic mass is 16.5. The molecule has 2 atom stereocenters. The molecule has 1 fully saturated rings. The third-order valence-corrected chi connectivity index (χ3v) is 9.91. The fourth-order valence-corrected chi connectivity index (χ4v) is 7.15. The number of amides is 2. The number of aryl methyl sites for hydroxylation is 1. The van der Waals surface area contributed by atoms with Gasteiger partial charge in [0.1, 0.15) is 5.75 Å². The van der Waals surface area contributed by atoms with Crippen LogP contribution in [0.4, 0.5) is 5.69 Å². The minimum Gasteiger partial charge on any atom is -0.494 e. The van der Waals surface area contributed by atoms with Gasteiger partial charge in [-0.15, -0.1) is 0 Å². The van der Waals surface area contributed by atoms with Gasteiger partial charge in [0.05, 0.1) is 39.1 Å². The molecule has 0 bridgehead atoms. The van der Waals surface area contributed by atoms with E-state index in [0.29, 0.717) is 57.2 Å². The van der Waals surface area contributed by atoms with Crippen molar-refractivity contribution in [3.05, 3.63) is 130 Å². The standard InChI is InChI=1S/C43H51N3O6/c1-32(48)44-20-23-45-21-6-12-37-14-13-35(27-41(37)45)31-52-42-28-46(43(49)38-11-5-10-34(26-38)29-47)22-19-40(42)36-15-17-39(18-16-36)51-25-7-24-50-30-33-8-3-2-4-9-33/h2-5,8-11,13-18,26-27,40,42,47H,6-7,12,19-25,28-31H2,1H3,(H,44,48). The van der Waals surface area contributed by atoms with Crippen molar-refractivity contribution in [3.63, 3.8) is 0 Å². The van der Waals surface area contributed by atoms with E-state index in [2.05, 4.69) is 52.7 Å². The van der Waals surface area contributed by atoms with Crippen LogP contribution in [-0.4, -0.2) is 73.9 Å². The summed E-state index contributed by atoms with van der Waals surface area (Å²) in [5.41, 5.74) is 7.22. The lowest BCUT2D eigenvalue weighted by molar-refractivity contribution is -0.118. The molecule has 2 aliphatic rings. The van der Waals surface area contributed by atoms with Crippen LogP contribution in [-0.2, 0) is 40.5 Å². The summed E-state index contributed by atoms with van der Waals surface area (Å²) in [6.45, 7) is 7.06. The van der Waals surface area contributed by atoms with Gasteiger partial charge >= 0.3 is 0 Å². The van der Waals surface area contributed by atoms with Crippen molar-refractivity contribution < 1.29 is 28.9 Å². The number of anilines is 1. The molecule has 52 heavy (non-hydrogen) atoms. The van der Waals surface area contributed by atoms with E-state index in [-0.39, 0.29) is 30.4 Å². The number of rotatable bonds is 16. The number of nitrogens with zero attached hydrogens (tertiary/aromatic N) is 2. The van der Waals surface area contributed by atoms with Crippen LogP contribution < -0.4 is 15.0 Å². The molecule has 0 aliphatic carbocycles. The summed E-state index contributed by atoms with van der Waals surface area (Å²) < 4.78 is 18.6. The Morgan fingerprint density at radius 3 is 2.50 bits per heavy atom. The van der Waals surface area contributed by atoms with Crippen LogP contribution in [0, 0.1) is 0 Å². The number of carbonyl (C=O) groups is 2. The SMILES string of the molecule is CC(=O)NCCN1CCCc2ccc(COC3CN(C(=O)c4cccc(CO)c4)CCC3c3ccc(OCCCOCc4ccccc4)cc3)cc21. The minimum atomic E-state index is -0.223. The third kappa shape index (κ3) is 10.2. The number of fused-ring (bicyclic) bond motifs is 1. The summed E-state index contributed by atoms with van der Waals surface area (Å²) in [6, 6.07) is 32.2. The molecule has 2 unspecified atom stereocenters. The van der Waals surface area contributed by atoms with Crippen molar-refractivity contribution in [2.45, 2.75) is 64.4 Å². The second-order valence-corrected chi connectivity index (χ2v) is 13.7. The monoisotopic (exact) mass is 705 g/mol. The number of aliphatic hydroxyl groups excluding tert-OH is 1. The second kappa shape index (κ2) is 18.7.